The first-order chi connectivity index (χ1) is 7.17. The van der Waals surface area contributed by atoms with Gasteiger partial charge in [-0.1, -0.05) is 24.3 Å². The predicted octanol–water partition coefficient (Wildman–Crippen LogP) is 3.26. The van der Waals surface area contributed by atoms with Crippen molar-refractivity contribution in [2.45, 2.75) is 17.0 Å². The molecule has 0 saturated carbocycles. The van der Waals surface area contributed by atoms with Gasteiger partial charge in [0.15, 0.2) is 5.67 Å². The Balaban J connectivity index is 2.41. The molecule has 1 heterocycles. The van der Waals surface area contributed by atoms with Crippen molar-refractivity contribution in [3.8, 4) is 0 Å². The van der Waals surface area contributed by atoms with Crippen molar-refractivity contribution in [1.82, 2.24) is 0 Å². The first kappa shape index (κ1) is 10.4. The Morgan fingerprint density at radius 1 is 1.53 bits per heavy atom. The van der Waals surface area contributed by atoms with E-state index in [-0.39, 0.29) is 12.2 Å². The number of halogens is 1. The lowest BCUT2D eigenvalue weighted by Gasteiger charge is -2.27. The van der Waals surface area contributed by atoms with E-state index < -0.39 is 11.5 Å². The third-order valence-corrected chi connectivity index (χ3v) is 3.73. The minimum atomic E-state index is -1.76. The molecule has 0 radical (unpaired) electrons. The first-order valence-electron chi connectivity index (χ1n) is 4.74. The number of fused-ring (bicyclic) bond motifs is 1. The molecular formula is C12H11FOS. The van der Waals surface area contributed by atoms with Crippen LogP contribution in [0.3, 0.4) is 0 Å². The molecule has 0 aliphatic carbocycles. The second-order valence-corrected chi connectivity index (χ2v) is 4.59. The summed E-state index contributed by atoms with van der Waals surface area (Å²) in [5.74, 6) is -0.216. The van der Waals surface area contributed by atoms with E-state index in [2.05, 4.69) is 6.58 Å². The van der Waals surface area contributed by atoms with Crippen LogP contribution in [0.25, 0.3) is 0 Å². The summed E-state index contributed by atoms with van der Waals surface area (Å²) < 4.78 is 14.2. The topological polar surface area (TPSA) is 17.1 Å². The van der Waals surface area contributed by atoms with Gasteiger partial charge in [0, 0.05) is 22.6 Å². The highest BCUT2D eigenvalue weighted by Gasteiger charge is 2.42. The number of alkyl halides is 1. The Labute approximate surface area is 92.4 Å². The maximum atomic E-state index is 14.2. The van der Waals surface area contributed by atoms with E-state index in [1.165, 1.54) is 17.8 Å². The number of ketones is 1. The van der Waals surface area contributed by atoms with Gasteiger partial charge in [-0.2, -0.15) is 0 Å². The number of hydrogen-bond donors (Lipinski definition) is 0. The van der Waals surface area contributed by atoms with E-state index in [0.717, 1.165) is 4.90 Å². The number of Topliss-reactive ketones (excluding diaryl/α,β-unsaturated/α-hetero) is 1. The van der Waals surface area contributed by atoms with Gasteiger partial charge in [-0.15, -0.1) is 18.3 Å². The summed E-state index contributed by atoms with van der Waals surface area (Å²) in [4.78, 5) is 12.8. The highest BCUT2D eigenvalue weighted by molar-refractivity contribution is 7.99. The quantitative estimate of drug-likeness (QED) is 0.714. The van der Waals surface area contributed by atoms with Crippen LogP contribution in [0.4, 0.5) is 4.39 Å². The second-order valence-electron chi connectivity index (χ2n) is 3.57. The zero-order chi connectivity index (χ0) is 10.9. The van der Waals surface area contributed by atoms with Gasteiger partial charge in [0.1, 0.15) is 0 Å². The molecule has 1 aliphatic heterocycles. The normalized spacial score (nSPS) is 24.7. The first-order valence-corrected chi connectivity index (χ1v) is 5.72. The molecule has 0 amide bonds. The summed E-state index contributed by atoms with van der Waals surface area (Å²) in [6.07, 6.45) is 1.56. The zero-order valence-corrected chi connectivity index (χ0v) is 9.02. The number of thioether (sulfide) groups is 1. The van der Waals surface area contributed by atoms with Gasteiger partial charge in [0.2, 0.25) is 5.78 Å². The van der Waals surface area contributed by atoms with Gasteiger partial charge >= 0.3 is 0 Å². The maximum absolute atomic E-state index is 14.2. The number of carbonyl (C=O) groups excluding carboxylic acids is 1. The van der Waals surface area contributed by atoms with Crippen molar-refractivity contribution >= 4 is 17.5 Å². The van der Waals surface area contributed by atoms with E-state index in [4.69, 9.17) is 0 Å². The van der Waals surface area contributed by atoms with E-state index >= 15 is 0 Å². The largest absolute Gasteiger partial charge is 0.290 e. The van der Waals surface area contributed by atoms with E-state index in [1.807, 2.05) is 12.1 Å². The molecule has 0 spiro atoms. The summed E-state index contributed by atoms with van der Waals surface area (Å²) in [5.41, 5.74) is -1.26. The molecule has 0 bridgehead atoms. The van der Waals surface area contributed by atoms with E-state index in [9.17, 15) is 9.18 Å². The van der Waals surface area contributed by atoms with E-state index in [0.29, 0.717) is 5.56 Å². The van der Waals surface area contributed by atoms with Crippen LogP contribution in [0.1, 0.15) is 16.8 Å². The standard InChI is InChI=1S/C12H11FOS/c1-2-7-12(13)8-15-10-6-4-3-5-9(10)11(12)14/h2-6H,1,7-8H2/t12-/m0/s1. The highest BCUT2D eigenvalue weighted by atomic mass is 32.2. The Morgan fingerprint density at radius 2 is 2.27 bits per heavy atom. The van der Waals surface area contributed by atoms with E-state index in [1.54, 1.807) is 12.1 Å². The number of carbonyl (C=O) groups is 1. The average molecular weight is 222 g/mol. The summed E-state index contributed by atoms with van der Waals surface area (Å²) in [6, 6.07) is 7.15. The van der Waals surface area contributed by atoms with Gasteiger partial charge in [-0.3, -0.25) is 4.79 Å². The van der Waals surface area contributed by atoms with Gasteiger partial charge in [-0.25, -0.2) is 4.39 Å². The summed E-state index contributed by atoms with van der Waals surface area (Å²) in [7, 11) is 0. The number of allylic oxidation sites excluding steroid dienone is 1. The van der Waals surface area contributed by atoms with Crippen molar-refractivity contribution in [3.63, 3.8) is 0 Å². The van der Waals surface area contributed by atoms with Crippen molar-refractivity contribution in [2.24, 2.45) is 0 Å². The van der Waals surface area contributed by atoms with Gasteiger partial charge in [0.25, 0.3) is 0 Å². The minimum absolute atomic E-state index is 0.0904. The average Bonchev–Trinajstić information content (AvgIpc) is 2.25. The van der Waals surface area contributed by atoms with Crippen LogP contribution < -0.4 is 0 Å². The molecule has 1 aliphatic rings. The van der Waals surface area contributed by atoms with Crippen LogP contribution in [0.5, 0.6) is 0 Å². The molecule has 0 N–H and O–H groups in total. The molecule has 0 aromatic heterocycles. The summed E-state index contributed by atoms with van der Waals surface area (Å²) >= 11 is 1.40. The third-order valence-electron chi connectivity index (χ3n) is 2.46. The lowest BCUT2D eigenvalue weighted by molar-refractivity contribution is 0.0730. The fourth-order valence-corrected chi connectivity index (χ4v) is 2.78. The third kappa shape index (κ3) is 1.72. The van der Waals surface area contributed by atoms with Crippen molar-refractivity contribution < 1.29 is 9.18 Å². The van der Waals surface area contributed by atoms with Crippen molar-refractivity contribution in [2.75, 3.05) is 5.75 Å². The van der Waals surface area contributed by atoms with Crippen molar-refractivity contribution in [1.29, 1.82) is 0 Å². The predicted molar refractivity (Wildman–Crippen MR) is 60.1 cm³/mol. The second kappa shape index (κ2) is 3.81. The molecule has 0 saturated heterocycles. The molecule has 1 aromatic carbocycles. The Hall–Kier alpha value is -1.09. The Kier molecular flexibility index (Phi) is 2.65. The molecule has 2 rings (SSSR count). The minimum Gasteiger partial charge on any atom is -0.290 e. The SMILES string of the molecule is C=CC[C@]1(F)CSc2ccccc2C1=O. The molecule has 1 atom stereocenters. The number of benzene rings is 1. The molecule has 1 aromatic rings. The lowest BCUT2D eigenvalue weighted by Crippen LogP contribution is -2.39. The lowest BCUT2D eigenvalue weighted by atomic mass is 9.92. The van der Waals surface area contributed by atoms with Crippen LogP contribution in [0.2, 0.25) is 0 Å². The van der Waals surface area contributed by atoms with Gasteiger partial charge in [-0.05, 0) is 6.07 Å². The fraction of sp³-hybridized carbons (Fsp3) is 0.250. The van der Waals surface area contributed by atoms with Crippen LogP contribution in [0, 0.1) is 0 Å². The summed E-state index contributed by atoms with van der Waals surface area (Å²) in [6.45, 7) is 3.49. The molecule has 0 fully saturated rings. The molecule has 0 unspecified atom stereocenters. The summed E-state index contributed by atoms with van der Waals surface area (Å²) in [5, 5.41) is 0. The van der Waals surface area contributed by atoms with Gasteiger partial charge < -0.3 is 0 Å². The van der Waals surface area contributed by atoms with Crippen molar-refractivity contribution in [3.05, 3.63) is 42.5 Å². The molecule has 3 heteroatoms. The monoisotopic (exact) mass is 222 g/mol. The maximum Gasteiger partial charge on any atom is 0.202 e. The van der Waals surface area contributed by atoms with Crippen LogP contribution in [0.15, 0.2) is 41.8 Å². The van der Waals surface area contributed by atoms with Crippen LogP contribution >= 0.6 is 11.8 Å². The Bertz CT molecular complexity index is 416. The molecule has 78 valence electrons. The molecule has 1 nitrogen and oxygen atoms in total. The number of rotatable bonds is 2. The Morgan fingerprint density at radius 3 is 3.00 bits per heavy atom. The molecular weight excluding hydrogens is 211 g/mol. The van der Waals surface area contributed by atoms with Crippen LogP contribution in [-0.2, 0) is 0 Å². The van der Waals surface area contributed by atoms with Gasteiger partial charge in [0.05, 0.1) is 0 Å². The smallest absolute Gasteiger partial charge is 0.202 e. The zero-order valence-electron chi connectivity index (χ0n) is 8.20. The fourth-order valence-electron chi connectivity index (χ4n) is 1.66. The van der Waals surface area contributed by atoms with Crippen LogP contribution in [-0.4, -0.2) is 17.2 Å². The molecule has 15 heavy (non-hydrogen) atoms. The number of hydrogen-bond acceptors (Lipinski definition) is 2. The highest BCUT2D eigenvalue weighted by Crippen LogP contribution is 2.38.